The number of hydrogen-bond acceptors (Lipinski definition) is 3. The molecule has 1 rings (SSSR count). The fourth-order valence-electron chi connectivity index (χ4n) is 1.14. The summed E-state index contributed by atoms with van der Waals surface area (Å²) in [6.07, 6.45) is 0. The van der Waals surface area contributed by atoms with Gasteiger partial charge in [-0.2, -0.15) is 0 Å². The molecular weight excluding hydrogens is 242 g/mol. The molecular formula is C11H14ClN3O2. The summed E-state index contributed by atoms with van der Waals surface area (Å²) in [7, 11) is 0. The summed E-state index contributed by atoms with van der Waals surface area (Å²) in [6.45, 7) is 3.41. The molecule has 0 saturated heterocycles. The third-order valence-corrected chi connectivity index (χ3v) is 2.80. The highest BCUT2D eigenvalue weighted by Gasteiger charge is 2.17. The van der Waals surface area contributed by atoms with E-state index in [-0.39, 0.29) is 11.7 Å². The van der Waals surface area contributed by atoms with Crippen molar-refractivity contribution in [3.05, 3.63) is 28.8 Å². The number of nitrogens with zero attached hydrogens (tertiary/aromatic N) is 1. The molecule has 1 unspecified atom stereocenters. The molecule has 0 heterocycles. The normalized spacial score (nSPS) is 13.2. The number of amides is 1. The number of amidine groups is 1. The summed E-state index contributed by atoms with van der Waals surface area (Å²) in [5.41, 5.74) is 6.84. The molecule has 0 aliphatic rings. The lowest BCUT2D eigenvalue weighted by atomic mass is 10.1. The molecule has 4 N–H and O–H groups in total. The van der Waals surface area contributed by atoms with Crippen LogP contribution in [-0.2, 0) is 4.79 Å². The second kappa shape index (κ2) is 5.54. The molecule has 1 aromatic rings. The molecule has 0 aliphatic carbocycles. The van der Waals surface area contributed by atoms with Gasteiger partial charge in [-0.15, -0.1) is 0 Å². The van der Waals surface area contributed by atoms with E-state index in [4.69, 9.17) is 22.5 Å². The maximum atomic E-state index is 11.7. The molecule has 92 valence electrons. The van der Waals surface area contributed by atoms with Crippen LogP contribution in [0.2, 0.25) is 5.02 Å². The number of benzene rings is 1. The smallest absolute Gasteiger partial charge is 0.234 e. The highest BCUT2D eigenvalue weighted by atomic mass is 35.5. The lowest BCUT2D eigenvalue weighted by Crippen LogP contribution is -2.32. The van der Waals surface area contributed by atoms with Crippen molar-refractivity contribution < 1.29 is 10.0 Å². The van der Waals surface area contributed by atoms with Crippen LogP contribution < -0.4 is 11.1 Å². The third-order valence-electron chi connectivity index (χ3n) is 2.39. The average Bonchev–Trinajstić information content (AvgIpc) is 2.31. The second-order valence-electron chi connectivity index (χ2n) is 3.70. The quantitative estimate of drug-likeness (QED) is 0.334. The van der Waals surface area contributed by atoms with Gasteiger partial charge in [-0.1, -0.05) is 22.8 Å². The van der Waals surface area contributed by atoms with E-state index in [1.807, 2.05) is 6.92 Å². The van der Waals surface area contributed by atoms with Gasteiger partial charge in [-0.3, -0.25) is 4.79 Å². The van der Waals surface area contributed by atoms with Crippen molar-refractivity contribution in [2.24, 2.45) is 16.8 Å². The molecule has 0 fully saturated rings. The van der Waals surface area contributed by atoms with Crippen molar-refractivity contribution in [1.29, 1.82) is 0 Å². The monoisotopic (exact) mass is 255 g/mol. The van der Waals surface area contributed by atoms with Gasteiger partial charge in [0.05, 0.1) is 5.92 Å². The number of halogens is 1. The van der Waals surface area contributed by atoms with E-state index in [0.29, 0.717) is 10.7 Å². The Kier molecular flexibility index (Phi) is 4.34. The molecule has 17 heavy (non-hydrogen) atoms. The molecule has 0 radical (unpaired) electrons. The van der Waals surface area contributed by atoms with Crippen molar-refractivity contribution in [3.63, 3.8) is 0 Å². The van der Waals surface area contributed by atoms with Crippen LogP contribution in [0.1, 0.15) is 12.5 Å². The van der Waals surface area contributed by atoms with Gasteiger partial charge >= 0.3 is 0 Å². The summed E-state index contributed by atoms with van der Waals surface area (Å²) in [4.78, 5) is 11.7. The average molecular weight is 256 g/mol. The highest BCUT2D eigenvalue weighted by Crippen LogP contribution is 2.20. The minimum Gasteiger partial charge on any atom is -0.409 e. The Balaban J connectivity index is 2.78. The lowest BCUT2D eigenvalue weighted by molar-refractivity contribution is -0.117. The molecule has 0 saturated carbocycles. The van der Waals surface area contributed by atoms with Crippen LogP contribution in [-0.4, -0.2) is 17.0 Å². The molecule has 6 heteroatoms. The Labute approximate surface area is 104 Å². The Morgan fingerprint density at radius 3 is 2.76 bits per heavy atom. The van der Waals surface area contributed by atoms with Crippen molar-refractivity contribution in [2.75, 3.05) is 5.32 Å². The number of aryl methyl sites for hydroxylation is 1. The molecule has 1 amide bonds. The van der Waals surface area contributed by atoms with E-state index < -0.39 is 5.92 Å². The molecule has 0 aliphatic heterocycles. The Morgan fingerprint density at radius 2 is 2.24 bits per heavy atom. The molecule has 5 nitrogen and oxygen atoms in total. The van der Waals surface area contributed by atoms with E-state index in [1.54, 1.807) is 25.1 Å². The molecule has 0 bridgehead atoms. The standard InChI is InChI=1S/C11H14ClN3O2/c1-6-3-4-8(5-9(6)12)14-11(16)7(2)10(13)15-17/h3-5,7,17H,1-2H3,(H2,13,15)(H,14,16). The summed E-state index contributed by atoms with van der Waals surface area (Å²) >= 11 is 5.93. The van der Waals surface area contributed by atoms with Crippen molar-refractivity contribution in [3.8, 4) is 0 Å². The van der Waals surface area contributed by atoms with Crippen LogP contribution in [0.15, 0.2) is 23.4 Å². The minimum atomic E-state index is -0.708. The first-order valence-corrected chi connectivity index (χ1v) is 5.38. The summed E-state index contributed by atoms with van der Waals surface area (Å²) in [5, 5.41) is 14.5. The number of nitrogens with one attached hydrogen (secondary N) is 1. The SMILES string of the molecule is Cc1ccc(NC(=O)C(C)/C(N)=N/O)cc1Cl. The fraction of sp³-hybridized carbons (Fsp3) is 0.273. The van der Waals surface area contributed by atoms with Gasteiger partial charge in [0.2, 0.25) is 5.91 Å². The zero-order chi connectivity index (χ0) is 13.0. The number of rotatable bonds is 3. The van der Waals surface area contributed by atoms with Crippen molar-refractivity contribution in [1.82, 2.24) is 0 Å². The van der Waals surface area contributed by atoms with Gasteiger partial charge in [0, 0.05) is 10.7 Å². The van der Waals surface area contributed by atoms with Crippen molar-refractivity contribution in [2.45, 2.75) is 13.8 Å². The maximum Gasteiger partial charge on any atom is 0.234 e. The Hall–Kier alpha value is -1.75. The van der Waals surface area contributed by atoms with Gasteiger partial charge in [0.1, 0.15) is 0 Å². The minimum absolute atomic E-state index is 0.138. The number of nitrogens with two attached hydrogens (primary N) is 1. The van der Waals surface area contributed by atoms with Gasteiger partial charge in [0.25, 0.3) is 0 Å². The molecule has 1 atom stereocenters. The number of carbonyl (C=O) groups is 1. The predicted molar refractivity (Wildman–Crippen MR) is 67.4 cm³/mol. The van der Waals surface area contributed by atoms with Crippen LogP contribution in [0, 0.1) is 12.8 Å². The zero-order valence-corrected chi connectivity index (χ0v) is 10.3. The maximum absolute atomic E-state index is 11.7. The highest BCUT2D eigenvalue weighted by molar-refractivity contribution is 6.31. The summed E-state index contributed by atoms with van der Waals surface area (Å²) < 4.78 is 0. The first-order chi connectivity index (χ1) is 7.95. The fourth-order valence-corrected chi connectivity index (χ4v) is 1.32. The topological polar surface area (TPSA) is 87.7 Å². The number of carbonyl (C=O) groups excluding carboxylic acids is 1. The Morgan fingerprint density at radius 1 is 1.59 bits per heavy atom. The predicted octanol–water partition coefficient (Wildman–Crippen LogP) is 1.97. The molecule has 1 aromatic carbocycles. The molecule has 0 spiro atoms. The Bertz CT molecular complexity index is 460. The van der Waals surface area contributed by atoms with Gasteiger partial charge in [-0.05, 0) is 31.5 Å². The van der Waals surface area contributed by atoms with E-state index in [0.717, 1.165) is 5.56 Å². The van der Waals surface area contributed by atoms with Crippen LogP contribution in [0.25, 0.3) is 0 Å². The van der Waals surface area contributed by atoms with Crippen LogP contribution in [0.5, 0.6) is 0 Å². The first kappa shape index (κ1) is 13.3. The van der Waals surface area contributed by atoms with E-state index >= 15 is 0 Å². The summed E-state index contributed by atoms with van der Waals surface area (Å²) in [5.74, 6) is -1.21. The zero-order valence-electron chi connectivity index (χ0n) is 9.57. The molecule has 0 aromatic heterocycles. The largest absolute Gasteiger partial charge is 0.409 e. The number of oxime groups is 1. The van der Waals surface area contributed by atoms with E-state index in [1.165, 1.54) is 0 Å². The van der Waals surface area contributed by atoms with Gasteiger partial charge in [-0.25, -0.2) is 0 Å². The lowest BCUT2D eigenvalue weighted by Gasteiger charge is -2.11. The van der Waals surface area contributed by atoms with E-state index in [2.05, 4.69) is 10.5 Å². The second-order valence-corrected chi connectivity index (χ2v) is 4.11. The number of anilines is 1. The van der Waals surface area contributed by atoms with Crippen LogP contribution >= 0.6 is 11.6 Å². The van der Waals surface area contributed by atoms with Crippen molar-refractivity contribution >= 4 is 29.0 Å². The van der Waals surface area contributed by atoms with E-state index in [9.17, 15) is 4.79 Å². The van der Waals surface area contributed by atoms with Gasteiger partial charge < -0.3 is 16.3 Å². The summed E-state index contributed by atoms with van der Waals surface area (Å²) in [6, 6.07) is 5.18. The van der Waals surface area contributed by atoms with Crippen LogP contribution in [0.3, 0.4) is 0 Å². The van der Waals surface area contributed by atoms with Gasteiger partial charge in [0.15, 0.2) is 5.84 Å². The van der Waals surface area contributed by atoms with Crippen LogP contribution in [0.4, 0.5) is 5.69 Å². The number of hydrogen-bond donors (Lipinski definition) is 3. The third kappa shape index (κ3) is 3.35. The first-order valence-electron chi connectivity index (χ1n) is 5.00.